The first-order valence-corrected chi connectivity index (χ1v) is 10.5. The summed E-state index contributed by atoms with van der Waals surface area (Å²) >= 11 is 1.61. The number of rotatable bonds is 3. The normalized spacial score (nSPS) is 21.9. The number of hydrogen-bond acceptors (Lipinski definition) is 5. The highest BCUT2D eigenvalue weighted by molar-refractivity contribution is 7.15. The van der Waals surface area contributed by atoms with Gasteiger partial charge in [-0.15, -0.1) is 0 Å². The van der Waals surface area contributed by atoms with Crippen molar-refractivity contribution in [2.24, 2.45) is 0 Å². The van der Waals surface area contributed by atoms with Crippen molar-refractivity contribution in [3.05, 3.63) is 40.2 Å². The molecule has 2 heterocycles. The van der Waals surface area contributed by atoms with Gasteiger partial charge in [0.15, 0.2) is 5.13 Å². The molecule has 0 atom stereocenters. The highest BCUT2D eigenvalue weighted by atomic mass is 32.1. The molecule has 0 radical (unpaired) electrons. The molecule has 1 saturated carbocycles. The number of anilines is 2. The fourth-order valence-corrected chi connectivity index (χ4v) is 4.85. The third-order valence-corrected chi connectivity index (χ3v) is 6.47. The zero-order chi connectivity index (χ0) is 19.7. The van der Waals surface area contributed by atoms with E-state index < -0.39 is 0 Å². The van der Waals surface area contributed by atoms with Gasteiger partial charge in [-0.25, -0.2) is 14.2 Å². The number of carbonyl (C=O) groups excluding carboxylic acids is 1. The quantitative estimate of drug-likeness (QED) is 0.725. The maximum Gasteiger partial charge on any atom is 0.322 e. The van der Waals surface area contributed by atoms with E-state index in [0.717, 1.165) is 47.8 Å². The van der Waals surface area contributed by atoms with Crippen molar-refractivity contribution in [2.45, 2.75) is 57.7 Å². The molecule has 0 saturated heterocycles. The van der Waals surface area contributed by atoms with Crippen molar-refractivity contribution in [3.63, 3.8) is 0 Å². The number of nitrogens with zero attached hydrogens (tertiary/aromatic N) is 2. The van der Waals surface area contributed by atoms with Crippen LogP contribution in [0.3, 0.4) is 0 Å². The van der Waals surface area contributed by atoms with Crippen LogP contribution in [-0.4, -0.2) is 39.7 Å². The van der Waals surface area contributed by atoms with Crippen LogP contribution in [0.2, 0.25) is 0 Å². The number of hydrogen-bond donors (Lipinski definition) is 3. The highest BCUT2D eigenvalue weighted by Gasteiger charge is 2.26. The van der Waals surface area contributed by atoms with E-state index in [2.05, 4.69) is 10.6 Å². The maximum atomic E-state index is 13.4. The second kappa shape index (κ2) is 8.05. The lowest BCUT2D eigenvalue weighted by Crippen LogP contribution is -2.38. The van der Waals surface area contributed by atoms with Crippen molar-refractivity contribution in [2.75, 3.05) is 17.2 Å². The summed E-state index contributed by atoms with van der Waals surface area (Å²) in [5, 5.41) is 16.9. The van der Waals surface area contributed by atoms with Gasteiger partial charge in [-0.05, 0) is 56.4 Å². The van der Waals surface area contributed by atoms with E-state index in [4.69, 9.17) is 4.98 Å². The van der Waals surface area contributed by atoms with E-state index in [-0.39, 0.29) is 18.0 Å². The van der Waals surface area contributed by atoms with Crippen LogP contribution in [0.5, 0.6) is 0 Å². The molecule has 4 rings (SSSR count). The smallest absolute Gasteiger partial charge is 0.322 e. The minimum atomic E-state index is -0.280. The number of aliphatic hydroxyl groups is 1. The zero-order valence-corrected chi connectivity index (χ0v) is 16.7. The average Bonchev–Trinajstić information content (AvgIpc) is 3.08. The van der Waals surface area contributed by atoms with E-state index in [0.29, 0.717) is 30.4 Å². The molecule has 28 heavy (non-hydrogen) atoms. The first-order valence-electron chi connectivity index (χ1n) is 9.73. The van der Waals surface area contributed by atoms with Gasteiger partial charge < -0.3 is 20.6 Å². The molecule has 1 aliphatic carbocycles. The summed E-state index contributed by atoms with van der Waals surface area (Å²) in [6, 6.07) is 4.76. The molecule has 0 bridgehead atoms. The van der Waals surface area contributed by atoms with Crippen LogP contribution in [0.15, 0.2) is 18.2 Å². The summed E-state index contributed by atoms with van der Waals surface area (Å²) in [6.45, 7) is 2.82. The molecule has 1 aromatic heterocycles. The summed E-state index contributed by atoms with van der Waals surface area (Å²) in [5.41, 5.74) is 2.16. The van der Waals surface area contributed by atoms with Crippen LogP contribution in [0.25, 0.3) is 0 Å². The number of nitrogens with one attached hydrogen (secondary N) is 2. The lowest BCUT2D eigenvalue weighted by atomic mass is 9.93. The van der Waals surface area contributed by atoms with Crippen LogP contribution in [-0.2, 0) is 13.0 Å². The molecular formula is C20H25FN4O2S. The Balaban J connectivity index is 1.37. The van der Waals surface area contributed by atoms with Gasteiger partial charge in [0, 0.05) is 29.6 Å². The Morgan fingerprint density at radius 3 is 2.86 bits per heavy atom. The Morgan fingerprint density at radius 1 is 1.32 bits per heavy atom. The number of benzene rings is 1. The molecule has 3 N–H and O–H groups in total. The third kappa shape index (κ3) is 4.28. The molecule has 0 unspecified atom stereocenters. The van der Waals surface area contributed by atoms with Crippen molar-refractivity contribution >= 4 is 28.2 Å². The highest BCUT2D eigenvalue weighted by Crippen LogP contribution is 2.31. The van der Waals surface area contributed by atoms with Crippen LogP contribution in [0.4, 0.5) is 20.0 Å². The SMILES string of the molecule is Cc1cc(NC(=O)N2CCc3nc(NC4CCC(O)CC4)sc3C2)ccc1F. The fraction of sp³-hybridized carbons (Fsp3) is 0.500. The van der Waals surface area contributed by atoms with Crippen molar-refractivity contribution in [1.29, 1.82) is 0 Å². The van der Waals surface area contributed by atoms with Gasteiger partial charge in [-0.3, -0.25) is 0 Å². The largest absolute Gasteiger partial charge is 0.393 e. The number of aliphatic hydroxyl groups excluding tert-OH is 1. The Labute approximate surface area is 167 Å². The summed E-state index contributed by atoms with van der Waals surface area (Å²) in [4.78, 5) is 20.2. The lowest BCUT2D eigenvalue weighted by molar-refractivity contribution is 0.126. The number of aromatic nitrogens is 1. The second-order valence-corrected chi connectivity index (χ2v) is 8.69. The number of thiazole rings is 1. The summed E-state index contributed by atoms with van der Waals surface area (Å²) in [6.07, 6.45) is 4.14. The molecule has 1 aromatic carbocycles. The van der Waals surface area contributed by atoms with E-state index in [9.17, 15) is 14.3 Å². The first kappa shape index (κ1) is 19.1. The molecule has 6 nitrogen and oxygen atoms in total. The second-order valence-electron chi connectivity index (χ2n) is 7.60. The number of halogens is 1. The molecule has 1 aliphatic heterocycles. The number of fused-ring (bicyclic) bond motifs is 1. The van der Waals surface area contributed by atoms with Crippen molar-refractivity contribution in [1.82, 2.24) is 9.88 Å². The van der Waals surface area contributed by atoms with Crippen molar-refractivity contribution < 1.29 is 14.3 Å². The number of carbonyl (C=O) groups is 1. The molecule has 150 valence electrons. The maximum absolute atomic E-state index is 13.4. The zero-order valence-electron chi connectivity index (χ0n) is 15.9. The number of amides is 2. The third-order valence-electron chi connectivity index (χ3n) is 5.45. The molecular weight excluding hydrogens is 379 g/mol. The number of urea groups is 1. The molecule has 8 heteroatoms. The standard InChI is InChI=1S/C20H25FN4O2S/c1-12-10-14(4-7-16(12)21)23-20(27)25-9-8-17-18(11-25)28-19(24-17)22-13-2-5-15(26)6-3-13/h4,7,10,13,15,26H,2-3,5-6,8-9,11H2,1H3,(H,22,24)(H,23,27). The van der Waals surface area contributed by atoms with Crippen LogP contribution in [0, 0.1) is 12.7 Å². The predicted octanol–water partition coefficient (Wildman–Crippen LogP) is 3.90. The minimum Gasteiger partial charge on any atom is -0.393 e. The number of aryl methyl sites for hydroxylation is 1. The van der Waals surface area contributed by atoms with Gasteiger partial charge in [0.05, 0.1) is 18.3 Å². The van der Waals surface area contributed by atoms with Gasteiger partial charge in [-0.2, -0.15) is 0 Å². The topological polar surface area (TPSA) is 77.5 Å². The van der Waals surface area contributed by atoms with E-state index in [1.165, 1.54) is 6.07 Å². The summed E-state index contributed by atoms with van der Waals surface area (Å²) in [7, 11) is 0. The fourth-order valence-electron chi connectivity index (χ4n) is 3.75. The van der Waals surface area contributed by atoms with E-state index >= 15 is 0 Å². The molecule has 1 fully saturated rings. The Morgan fingerprint density at radius 2 is 2.11 bits per heavy atom. The van der Waals surface area contributed by atoms with Gasteiger partial charge >= 0.3 is 6.03 Å². The van der Waals surface area contributed by atoms with Crippen LogP contribution >= 0.6 is 11.3 Å². The van der Waals surface area contributed by atoms with E-state index in [1.807, 2.05) is 0 Å². The first-order chi connectivity index (χ1) is 13.5. The summed E-state index contributed by atoms with van der Waals surface area (Å²) < 4.78 is 13.4. The van der Waals surface area contributed by atoms with Crippen LogP contribution < -0.4 is 10.6 Å². The monoisotopic (exact) mass is 404 g/mol. The molecule has 0 spiro atoms. The Bertz CT molecular complexity index is 864. The van der Waals surface area contributed by atoms with Gasteiger partial charge in [0.1, 0.15) is 5.82 Å². The molecule has 2 amide bonds. The van der Waals surface area contributed by atoms with Crippen LogP contribution in [0.1, 0.15) is 41.8 Å². The van der Waals surface area contributed by atoms with Gasteiger partial charge in [-0.1, -0.05) is 11.3 Å². The van der Waals surface area contributed by atoms with E-state index in [1.54, 1.807) is 35.3 Å². The van der Waals surface area contributed by atoms with Gasteiger partial charge in [0.25, 0.3) is 0 Å². The Hall–Kier alpha value is -2.19. The predicted molar refractivity (Wildman–Crippen MR) is 108 cm³/mol. The van der Waals surface area contributed by atoms with Crippen molar-refractivity contribution in [3.8, 4) is 0 Å². The lowest BCUT2D eigenvalue weighted by Gasteiger charge is -2.26. The van der Waals surface area contributed by atoms with Gasteiger partial charge in [0.2, 0.25) is 0 Å². The average molecular weight is 405 g/mol. The molecule has 2 aromatic rings. The molecule has 2 aliphatic rings. The summed E-state index contributed by atoms with van der Waals surface area (Å²) in [5.74, 6) is -0.280. The minimum absolute atomic E-state index is 0.167. The Kier molecular flexibility index (Phi) is 5.50.